The van der Waals surface area contributed by atoms with E-state index in [2.05, 4.69) is 135 Å². The van der Waals surface area contributed by atoms with Crippen molar-refractivity contribution in [2.24, 2.45) is 17.3 Å². The Bertz CT molecular complexity index is 1180. The van der Waals surface area contributed by atoms with Crippen LogP contribution in [0.3, 0.4) is 0 Å². The molecule has 0 amide bonds. The van der Waals surface area contributed by atoms with Gasteiger partial charge in [-0.2, -0.15) is 0 Å². The molecule has 0 bridgehead atoms. The van der Waals surface area contributed by atoms with E-state index in [0.717, 1.165) is 32.1 Å². The van der Waals surface area contributed by atoms with E-state index in [1.54, 1.807) is 0 Å². The largest absolute Gasteiger partial charge is 0.392 e. The Morgan fingerprint density at radius 2 is 0.714 bits per heavy atom. The molecule has 4 aromatic carbocycles. The lowest BCUT2D eigenvalue weighted by molar-refractivity contribution is -0.0415. The summed E-state index contributed by atoms with van der Waals surface area (Å²) >= 11 is 0. The minimum Gasteiger partial charge on any atom is -0.392 e. The lowest BCUT2D eigenvalue weighted by Gasteiger charge is -2.54. The molecule has 2 nitrogen and oxygen atoms in total. The maximum absolute atomic E-state index is 11.9. The Hall–Kier alpha value is -3.20. The molecule has 4 atom stereocenters. The topological polar surface area (TPSA) is 40.5 Å². The molecule has 218 valence electrons. The van der Waals surface area contributed by atoms with E-state index in [9.17, 15) is 10.2 Å². The fraction of sp³-hybridized carbons (Fsp3) is 0.400. The van der Waals surface area contributed by atoms with Gasteiger partial charge in [0.15, 0.2) is 0 Å². The van der Waals surface area contributed by atoms with E-state index in [0.29, 0.717) is 11.8 Å². The van der Waals surface area contributed by atoms with Gasteiger partial charge in [-0.25, -0.2) is 0 Å². The summed E-state index contributed by atoms with van der Waals surface area (Å²) in [5.74, 6) is 1.31. The van der Waals surface area contributed by atoms with Crippen molar-refractivity contribution in [2.45, 2.75) is 81.8 Å². The number of aliphatic hydroxyl groups excluding tert-OH is 2. The van der Waals surface area contributed by atoms with Crippen molar-refractivity contribution in [3.8, 4) is 0 Å². The van der Waals surface area contributed by atoms with Crippen LogP contribution < -0.4 is 0 Å². The monoisotopic (exact) mass is 558 g/mol. The molecule has 4 unspecified atom stereocenters. The van der Waals surface area contributed by atoms with Gasteiger partial charge in [0.2, 0.25) is 0 Å². The fourth-order valence-electron chi connectivity index (χ4n) is 8.66. The Kier molecular flexibility index (Phi) is 8.65. The van der Waals surface area contributed by atoms with Crippen LogP contribution in [0, 0.1) is 17.3 Å². The zero-order valence-corrected chi connectivity index (χ0v) is 25.1. The van der Waals surface area contributed by atoms with E-state index in [4.69, 9.17) is 0 Å². The van der Waals surface area contributed by atoms with Gasteiger partial charge in [0, 0.05) is 23.7 Å². The van der Waals surface area contributed by atoms with Crippen LogP contribution in [0.5, 0.6) is 0 Å². The van der Waals surface area contributed by atoms with Gasteiger partial charge < -0.3 is 10.2 Å². The quantitative estimate of drug-likeness (QED) is 0.237. The molecule has 2 aliphatic rings. The van der Waals surface area contributed by atoms with Gasteiger partial charge >= 0.3 is 0 Å². The highest BCUT2D eigenvalue weighted by Crippen LogP contribution is 2.59. The summed E-state index contributed by atoms with van der Waals surface area (Å²) in [5.41, 5.74) is 5.06. The summed E-state index contributed by atoms with van der Waals surface area (Å²) < 4.78 is 0. The minimum absolute atomic E-state index is 0.0698. The van der Waals surface area contributed by atoms with Crippen LogP contribution in [0.2, 0.25) is 0 Å². The molecule has 2 aliphatic carbocycles. The first-order valence-electron chi connectivity index (χ1n) is 16.1. The summed E-state index contributed by atoms with van der Waals surface area (Å²) in [5, 5.41) is 23.8. The number of benzene rings is 4. The van der Waals surface area contributed by atoms with Crippen molar-refractivity contribution in [3.63, 3.8) is 0 Å². The normalized spacial score (nSPS) is 31.2. The first-order chi connectivity index (χ1) is 20.5. The molecular formula is C40H46O2. The number of aliphatic hydroxyl groups is 2. The molecule has 0 aliphatic heterocycles. The predicted molar refractivity (Wildman–Crippen MR) is 173 cm³/mol. The van der Waals surface area contributed by atoms with Crippen LogP contribution in [-0.4, -0.2) is 22.4 Å². The standard InChI is InChI=1S/C40H46O2/c1-3-40(2,32-24-34(28-16-8-4-9-17-28)38(41)35(25-32)29-18-10-5-11-19-29)33-26-36(30-20-12-6-13-21-30)39(42)37(27-33)31-22-14-7-15-23-31/h4-23,32-39,41-42H,3,24-27H2,1-2H3. The molecule has 0 radical (unpaired) electrons. The highest BCUT2D eigenvalue weighted by molar-refractivity contribution is 5.31. The SMILES string of the molecule is CCC(C)(C1CC(c2ccccc2)C(O)C(c2ccccc2)C1)C1CC(c2ccccc2)C(O)C(c2ccccc2)C1. The number of hydrogen-bond donors (Lipinski definition) is 2. The predicted octanol–water partition coefficient (Wildman–Crippen LogP) is 9.08. The molecular weight excluding hydrogens is 512 g/mol. The fourth-order valence-corrected chi connectivity index (χ4v) is 8.66. The molecule has 2 heteroatoms. The Labute approximate surface area is 252 Å². The second kappa shape index (κ2) is 12.6. The third kappa shape index (κ3) is 5.60. The number of rotatable bonds is 7. The van der Waals surface area contributed by atoms with Crippen LogP contribution in [-0.2, 0) is 0 Å². The summed E-state index contributed by atoms with van der Waals surface area (Å²) in [6, 6.07) is 42.8. The zero-order valence-electron chi connectivity index (χ0n) is 25.1. The minimum atomic E-state index is -0.408. The zero-order chi connectivity index (χ0) is 29.1. The van der Waals surface area contributed by atoms with E-state index < -0.39 is 12.2 Å². The van der Waals surface area contributed by atoms with Gasteiger partial charge in [-0.05, 0) is 65.2 Å². The first kappa shape index (κ1) is 28.9. The highest BCUT2D eigenvalue weighted by atomic mass is 16.3. The third-order valence-electron chi connectivity index (χ3n) is 11.3. The van der Waals surface area contributed by atoms with Crippen molar-refractivity contribution in [1.82, 2.24) is 0 Å². The van der Waals surface area contributed by atoms with Gasteiger partial charge in [0.1, 0.15) is 0 Å². The number of hydrogen-bond acceptors (Lipinski definition) is 2. The molecule has 0 spiro atoms. The second-order valence-corrected chi connectivity index (χ2v) is 13.2. The van der Waals surface area contributed by atoms with E-state index in [1.807, 2.05) is 0 Å². The summed E-state index contributed by atoms with van der Waals surface area (Å²) in [7, 11) is 0. The summed E-state index contributed by atoms with van der Waals surface area (Å²) in [4.78, 5) is 0. The summed E-state index contributed by atoms with van der Waals surface area (Å²) in [6.45, 7) is 4.91. The van der Waals surface area contributed by atoms with Gasteiger partial charge in [-0.15, -0.1) is 0 Å². The van der Waals surface area contributed by atoms with Crippen molar-refractivity contribution < 1.29 is 10.2 Å². The van der Waals surface area contributed by atoms with Gasteiger partial charge in [-0.1, -0.05) is 142 Å². The van der Waals surface area contributed by atoms with Crippen LogP contribution in [0.25, 0.3) is 0 Å². The van der Waals surface area contributed by atoms with Crippen LogP contribution in [0.4, 0.5) is 0 Å². The Morgan fingerprint density at radius 1 is 0.476 bits per heavy atom. The summed E-state index contributed by atoms with van der Waals surface area (Å²) in [6.07, 6.45) is 4.23. The van der Waals surface area contributed by atoms with Crippen molar-refractivity contribution in [3.05, 3.63) is 144 Å². The van der Waals surface area contributed by atoms with Crippen LogP contribution in [0.15, 0.2) is 121 Å². The highest BCUT2D eigenvalue weighted by Gasteiger charge is 2.51. The molecule has 42 heavy (non-hydrogen) atoms. The molecule has 2 N–H and O–H groups in total. The lowest BCUT2D eigenvalue weighted by atomic mass is 9.52. The van der Waals surface area contributed by atoms with E-state index >= 15 is 0 Å². The molecule has 6 rings (SSSR count). The average Bonchev–Trinajstić information content (AvgIpc) is 3.06. The lowest BCUT2D eigenvalue weighted by Crippen LogP contribution is -2.47. The molecule has 2 fully saturated rings. The average molecular weight is 559 g/mol. The first-order valence-corrected chi connectivity index (χ1v) is 16.1. The third-order valence-corrected chi connectivity index (χ3v) is 11.3. The van der Waals surface area contributed by atoms with Crippen molar-refractivity contribution in [2.75, 3.05) is 0 Å². The van der Waals surface area contributed by atoms with Gasteiger partial charge in [0.25, 0.3) is 0 Å². The van der Waals surface area contributed by atoms with Crippen LogP contribution in [0.1, 0.15) is 91.9 Å². The molecule has 2 saturated carbocycles. The maximum Gasteiger partial charge on any atom is 0.0677 e. The Morgan fingerprint density at radius 3 is 0.929 bits per heavy atom. The van der Waals surface area contributed by atoms with Gasteiger partial charge in [-0.3, -0.25) is 0 Å². The van der Waals surface area contributed by atoms with Crippen molar-refractivity contribution in [1.29, 1.82) is 0 Å². The molecule has 0 saturated heterocycles. The molecule has 0 aromatic heterocycles. The van der Waals surface area contributed by atoms with Gasteiger partial charge in [0.05, 0.1) is 12.2 Å². The van der Waals surface area contributed by atoms with E-state index in [-0.39, 0.29) is 29.1 Å². The molecule has 4 aromatic rings. The van der Waals surface area contributed by atoms with Crippen molar-refractivity contribution >= 4 is 0 Å². The maximum atomic E-state index is 11.9. The Balaban J connectivity index is 1.39. The molecule has 0 heterocycles. The second-order valence-electron chi connectivity index (χ2n) is 13.2. The van der Waals surface area contributed by atoms with E-state index in [1.165, 1.54) is 22.3 Å². The van der Waals surface area contributed by atoms with Crippen LogP contribution >= 0.6 is 0 Å². The smallest absolute Gasteiger partial charge is 0.0677 e.